The van der Waals surface area contributed by atoms with Gasteiger partial charge in [-0.25, -0.2) is 0 Å². The summed E-state index contributed by atoms with van der Waals surface area (Å²) in [5.41, 5.74) is 0.620. The van der Waals surface area contributed by atoms with Crippen LogP contribution in [0.1, 0.15) is 26.2 Å². The Labute approximate surface area is 62.6 Å². The van der Waals surface area contributed by atoms with E-state index in [1.54, 1.807) is 0 Å². The highest BCUT2D eigenvalue weighted by atomic mass is 16.3. The molecule has 0 amide bonds. The van der Waals surface area contributed by atoms with Crippen molar-refractivity contribution in [3.8, 4) is 0 Å². The van der Waals surface area contributed by atoms with E-state index in [4.69, 9.17) is 5.11 Å². The first kappa shape index (κ1) is 8.02. The van der Waals surface area contributed by atoms with Crippen LogP contribution in [0, 0.1) is 5.41 Å². The zero-order valence-electron chi connectivity index (χ0n) is 6.69. The van der Waals surface area contributed by atoms with Crippen LogP contribution in [-0.2, 0) is 0 Å². The van der Waals surface area contributed by atoms with Gasteiger partial charge >= 0.3 is 0 Å². The fraction of sp³-hybridized carbons (Fsp3) is 1.00. The number of aliphatic hydroxyl groups excluding tert-OH is 1. The molecule has 0 aliphatic heterocycles. The summed E-state index contributed by atoms with van der Waals surface area (Å²) in [5.74, 6) is 0. The molecule has 2 N–H and O–H groups in total. The van der Waals surface area contributed by atoms with Gasteiger partial charge in [-0.05, 0) is 24.7 Å². The van der Waals surface area contributed by atoms with E-state index in [2.05, 4.69) is 12.2 Å². The molecule has 0 unspecified atom stereocenters. The number of nitrogens with one attached hydrogen (secondary N) is 1. The SMILES string of the molecule is CCC1(CNCCO)CC1. The molecule has 1 rings (SSSR count). The van der Waals surface area contributed by atoms with Crippen LogP contribution in [0.4, 0.5) is 0 Å². The molecule has 0 radical (unpaired) electrons. The molecule has 0 aromatic rings. The van der Waals surface area contributed by atoms with Crippen molar-refractivity contribution < 1.29 is 5.11 Å². The third kappa shape index (κ3) is 1.96. The second-order valence-corrected chi connectivity index (χ2v) is 3.25. The van der Waals surface area contributed by atoms with Gasteiger partial charge in [-0.2, -0.15) is 0 Å². The van der Waals surface area contributed by atoms with Gasteiger partial charge in [0, 0.05) is 13.1 Å². The summed E-state index contributed by atoms with van der Waals surface area (Å²) >= 11 is 0. The maximum absolute atomic E-state index is 8.49. The minimum Gasteiger partial charge on any atom is -0.395 e. The van der Waals surface area contributed by atoms with Crippen LogP contribution < -0.4 is 5.32 Å². The predicted octanol–water partition coefficient (Wildman–Crippen LogP) is 0.758. The summed E-state index contributed by atoms with van der Waals surface area (Å²) in [7, 11) is 0. The van der Waals surface area contributed by atoms with E-state index in [9.17, 15) is 0 Å². The fourth-order valence-corrected chi connectivity index (χ4v) is 1.26. The van der Waals surface area contributed by atoms with Gasteiger partial charge in [0.15, 0.2) is 0 Å². The van der Waals surface area contributed by atoms with Crippen LogP contribution in [0.5, 0.6) is 0 Å². The first-order valence-corrected chi connectivity index (χ1v) is 4.14. The molecular weight excluding hydrogens is 126 g/mol. The average molecular weight is 143 g/mol. The summed E-state index contributed by atoms with van der Waals surface area (Å²) in [4.78, 5) is 0. The van der Waals surface area contributed by atoms with Crippen LogP contribution >= 0.6 is 0 Å². The predicted molar refractivity (Wildman–Crippen MR) is 41.9 cm³/mol. The minimum atomic E-state index is 0.264. The summed E-state index contributed by atoms with van der Waals surface area (Å²) in [6.45, 7) is 4.36. The van der Waals surface area contributed by atoms with Crippen LogP contribution in [0.2, 0.25) is 0 Å². The van der Waals surface area contributed by atoms with Crippen molar-refractivity contribution >= 4 is 0 Å². The van der Waals surface area contributed by atoms with Crippen molar-refractivity contribution in [1.82, 2.24) is 5.32 Å². The molecule has 2 nitrogen and oxygen atoms in total. The summed E-state index contributed by atoms with van der Waals surface area (Å²) in [6.07, 6.45) is 4.04. The Balaban J connectivity index is 2.01. The van der Waals surface area contributed by atoms with Gasteiger partial charge in [-0.3, -0.25) is 0 Å². The third-order valence-corrected chi connectivity index (χ3v) is 2.50. The first-order valence-electron chi connectivity index (χ1n) is 4.14. The average Bonchev–Trinajstić information content (AvgIpc) is 2.70. The Hall–Kier alpha value is -0.0800. The summed E-state index contributed by atoms with van der Waals surface area (Å²) < 4.78 is 0. The van der Waals surface area contributed by atoms with E-state index in [0.29, 0.717) is 5.41 Å². The largest absolute Gasteiger partial charge is 0.395 e. The third-order valence-electron chi connectivity index (χ3n) is 2.50. The molecule has 2 heteroatoms. The summed E-state index contributed by atoms with van der Waals surface area (Å²) in [6, 6.07) is 0. The van der Waals surface area contributed by atoms with Crippen molar-refractivity contribution in [3.63, 3.8) is 0 Å². The number of hydrogen-bond donors (Lipinski definition) is 2. The highest BCUT2D eigenvalue weighted by Gasteiger charge is 2.39. The zero-order chi connectivity index (χ0) is 7.45. The highest BCUT2D eigenvalue weighted by molar-refractivity contribution is 4.93. The maximum atomic E-state index is 8.49. The van der Waals surface area contributed by atoms with E-state index in [1.807, 2.05) is 0 Å². The van der Waals surface area contributed by atoms with Crippen LogP contribution in [0.3, 0.4) is 0 Å². The van der Waals surface area contributed by atoms with Crippen LogP contribution in [0.25, 0.3) is 0 Å². The molecule has 1 fully saturated rings. The Kier molecular flexibility index (Phi) is 2.69. The molecule has 0 aromatic heterocycles. The van der Waals surface area contributed by atoms with Gasteiger partial charge in [0.1, 0.15) is 0 Å². The number of hydrogen-bond acceptors (Lipinski definition) is 2. The topological polar surface area (TPSA) is 32.3 Å². The fourth-order valence-electron chi connectivity index (χ4n) is 1.26. The van der Waals surface area contributed by atoms with Crippen molar-refractivity contribution in [2.24, 2.45) is 5.41 Å². The Morgan fingerprint density at radius 1 is 1.50 bits per heavy atom. The van der Waals surface area contributed by atoms with Gasteiger partial charge in [0.05, 0.1) is 6.61 Å². The van der Waals surface area contributed by atoms with Gasteiger partial charge < -0.3 is 10.4 Å². The van der Waals surface area contributed by atoms with Crippen molar-refractivity contribution in [3.05, 3.63) is 0 Å². The quantitative estimate of drug-likeness (QED) is 0.557. The Morgan fingerprint density at radius 3 is 2.60 bits per heavy atom. The molecule has 1 saturated carbocycles. The summed E-state index contributed by atoms with van der Waals surface area (Å²) in [5, 5.41) is 11.7. The van der Waals surface area contributed by atoms with Crippen molar-refractivity contribution in [1.29, 1.82) is 0 Å². The molecule has 0 saturated heterocycles. The lowest BCUT2D eigenvalue weighted by Gasteiger charge is -2.11. The van der Waals surface area contributed by atoms with E-state index < -0.39 is 0 Å². The van der Waals surface area contributed by atoms with Crippen LogP contribution in [-0.4, -0.2) is 24.8 Å². The molecule has 0 heterocycles. The molecule has 0 bridgehead atoms. The van der Waals surface area contributed by atoms with Gasteiger partial charge in [-0.1, -0.05) is 6.92 Å². The molecule has 60 valence electrons. The lowest BCUT2D eigenvalue weighted by molar-refractivity contribution is 0.285. The van der Waals surface area contributed by atoms with Gasteiger partial charge in [0.25, 0.3) is 0 Å². The second kappa shape index (κ2) is 3.35. The van der Waals surface area contributed by atoms with E-state index in [-0.39, 0.29) is 6.61 Å². The lowest BCUT2D eigenvalue weighted by Crippen LogP contribution is -2.26. The zero-order valence-corrected chi connectivity index (χ0v) is 6.69. The normalized spacial score (nSPS) is 21.0. The minimum absolute atomic E-state index is 0.264. The van der Waals surface area contributed by atoms with E-state index >= 15 is 0 Å². The van der Waals surface area contributed by atoms with Crippen molar-refractivity contribution in [2.45, 2.75) is 26.2 Å². The molecule has 0 spiro atoms. The Bertz CT molecular complexity index is 99.4. The number of rotatable bonds is 5. The Morgan fingerprint density at radius 2 is 2.20 bits per heavy atom. The molecule has 1 aliphatic rings. The van der Waals surface area contributed by atoms with Crippen molar-refractivity contribution in [2.75, 3.05) is 19.7 Å². The highest BCUT2D eigenvalue weighted by Crippen LogP contribution is 2.47. The van der Waals surface area contributed by atoms with E-state index in [0.717, 1.165) is 13.1 Å². The molecule has 0 aromatic carbocycles. The standard InChI is InChI=1S/C8H17NO/c1-2-8(3-4-8)7-9-5-6-10/h9-10H,2-7H2,1H3. The molecule has 1 aliphatic carbocycles. The second-order valence-electron chi connectivity index (χ2n) is 3.25. The first-order chi connectivity index (χ1) is 4.83. The maximum Gasteiger partial charge on any atom is 0.0555 e. The van der Waals surface area contributed by atoms with Gasteiger partial charge in [0.2, 0.25) is 0 Å². The molecule has 10 heavy (non-hydrogen) atoms. The smallest absolute Gasteiger partial charge is 0.0555 e. The lowest BCUT2D eigenvalue weighted by atomic mass is 10.0. The van der Waals surface area contributed by atoms with E-state index in [1.165, 1.54) is 19.3 Å². The van der Waals surface area contributed by atoms with Crippen LogP contribution in [0.15, 0.2) is 0 Å². The molecular formula is C8H17NO. The number of aliphatic hydroxyl groups is 1. The van der Waals surface area contributed by atoms with Gasteiger partial charge in [-0.15, -0.1) is 0 Å². The molecule has 0 atom stereocenters. The monoisotopic (exact) mass is 143 g/mol.